The molecule has 4 saturated carbocycles. The van der Waals surface area contributed by atoms with Crippen molar-refractivity contribution in [2.75, 3.05) is 13.7 Å². The van der Waals surface area contributed by atoms with Gasteiger partial charge in [-0.15, -0.1) is 0 Å². The van der Waals surface area contributed by atoms with Crippen molar-refractivity contribution in [2.24, 2.45) is 40.4 Å². The summed E-state index contributed by atoms with van der Waals surface area (Å²) in [6.07, 6.45) is 0.739. The Morgan fingerprint density at radius 1 is 0.978 bits per heavy atom. The first-order valence-corrected chi connectivity index (χ1v) is 18.7. The van der Waals surface area contributed by atoms with E-state index in [9.17, 15) is 34.0 Å². The molecule has 1 aliphatic heterocycles. The highest BCUT2D eigenvalue weighted by atomic mass is 32.3. The minimum Gasteiger partial charge on any atom is -0.393 e. The van der Waals surface area contributed by atoms with Crippen LogP contribution in [0.5, 0.6) is 0 Å². The third-order valence-electron chi connectivity index (χ3n) is 13.2. The van der Waals surface area contributed by atoms with Crippen molar-refractivity contribution in [2.45, 2.75) is 153 Å². The van der Waals surface area contributed by atoms with Crippen LogP contribution in [0.25, 0.3) is 0 Å². The van der Waals surface area contributed by atoms with Gasteiger partial charge in [-0.3, -0.25) is 4.55 Å². The van der Waals surface area contributed by atoms with Crippen LogP contribution in [-0.2, 0) is 28.8 Å². The Bertz CT molecular complexity index is 1160. The van der Waals surface area contributed by atoms with Crippen molar-refractivity contribution in [3.05, 3.63) is 0 Å². The van der Waals surface area contributed by atoms with Crippen molar-refractivity contribution < 1.29 is 56.9 Å². The van der Waals surface area contributed by atoms with Crippen LogP contribution in [0, 0.1) is 40.4 Å². The number of methoxy groups -OCH3 is 1. The second kappa shape index (κ2) is 13.7. The highest BCUT2D eigenvalue weighted by Crippen LogP contribution is 2.69. The maximum absolute atomic E-state index is 12.5. The lowest BCUT2D eigenvalue weighted by Gasteiger charge is -2.66. The Morgan fingerprint density at radius 2 is 1.67 bits per heavy atom. The van der Waals surface area contributed by atoms with Crippen LogP contribution in [0.2, 0.25) is 0 Å². The number of ether oxygens (including phenoxy) is 3. The van der Waals surface area contributed by atoms with E-state index in [0.717, 1.165) is 32.1 Å². The van der Waals surface area contributed by atoms with Gasteiger partial charge in [-0.05, 0) is 92.3 Å². The molecule has 5 rings (SSSR count). The van der Waals surface area contributed by atoms with E-state index in [1.54, 1.807) is 0 Å². The molecule has 0 spiro atoms. The van der Waals surface area contributed by atoms with Crippen molar-refractivity contribution >= 4 is 10.4 Å². The fraction of sp³-hybridized carbons (Fsp3) is 1.00. The zero-order valence-corrected chi connectivity index (χ0v) is 28.8. The molecule has 5 fully saturated rings. The van der Waals surface area contributed by atoms with E-state index < -0.39 is 58.9 Å². The maximum Gasteiger partial charge on any atom is 0.397 e. The summed E-state index contributed by atoms with van der Waals surface area (Å²) in [5.41, 5.74) is -1.77. The maximum atomic E-state index is 12.5. The molecule has 13 heteroatoms. The number of aliphatic hydroxyl groups excluding tert-OH is 4. The van der Waals surface area contributed by atoms with Crippen molar-refractivity contribution in [1.82, 2.24) is 0 Å². The van der Waals surface area contributed by atoms with Crippen LogP contribution in [0.4, 0.5) is 0 Å². The molecule has 16 atom stereocenters. The van der Waals surface area contributed by atoms with Gasteiger partial charge in [0.15, 0.2) is 6.29 Å². The van der Waals surface area contributed by atoms with Gasteiger partial charge in [-0.2, -0.15) is 8.42 Å². The van der Waals surface area contributed by atoms with Crippen LogP contribution >= 0.6 is 0 Å². The highest BCUT2D eigenvalue weighted by Gasteiger charge is 2.70. The van der Waals surface area contributed by atoms with Gasteiger partial charge in [-0.25, -0.2) is 4.18 Å². The largest absolute Gasteiger partial charge is 0.397 e. The van der Waals surface area contributed by atoms with Gasteiger partial charge in [0.05, 0.1) is 36.6 Å². The molecule has 46 heavy (non-hydrogen) atoms. The average Bonchev–Trinajstić information content (AvgIpc) is 3.24. The molecule has 0 bridgehead atoms. The van der Waals surface area contributed by atoms with E-state index in [0.29, 0.717) is 32.1 Å². The van der Waals surface area contributed by atoms with Crippen LogP contribution in [0.1, 0.15) is 98.3 Å². The molecule has 0 aromatic heterocycles. The zero-order valence-electron chi connectivity index (χ0n) is 28.0. The van der Waals surface area contributed by atoms with E-state index in [1.807, 2.05) is 6.92 Å². The summed E-state index contributed by atoms with van der Waals surface area (Å²) < 4.78 is 53.4. The quantitative estimate of drug-likeness (QED) is 0.175. The predicted octanol–water partition coefficient (Wildman–Crippen LogP) is 2.58. The summed E-state index contributed by atoms with van der Waals surface area (Å²) in [4.78, 5) is 0. The minimum atomic E-state index is -4.77. The lowest BCUT2D eigenvalue weighted by molar-refractivity contribution is -0.284. The first-order chi connectivity index (χ1) is 21.5. The third-order valence-corrected chi connectivity index (χ3v) is 13.7. The fourth-order valence-corrected chi connectivity index (χ4v) is 11.7. The topological polar surface area (TPSA) is 192 Å². The molecule has 12 nitrogen and oxygen atoms in total. The van der Waals surface area contributed by atoms with E-state index in [2.05, 4.69) is 25.0 Å². The fourth-order valence-electron chi connectivity index (χ4n) is 11.3. The molecule has 0 aromatic rings. The SMILES string of the molecule is CCCC(CCC(C)C1CC(O)C2C1(C)CCC1C3(C)CCC(O)CC3C(O)CC12O)OC1OCC(OS(=O)(=O)O)C(OC)C1O. The lowest BCUT2D eigenvalue weighted by atomic mass is 9.42. The molecule has 1 heterocycles. The van der Waals surface area contributed by atoms with Crippen molar-refractivity contribution in [3.63, 3.8) is 0 Å². The summed E-state index contributed by atoms with van der Waals surface area (Å²) in [6.45, 7) is 8.39. The van der Waals surface area contributed by atoms with E-state index in [-0.39, 0.29) is 59.6 Å². The van der Waals surface area contributed by atoms with Gasteiger partial charge >= 0.3 is 10.4 Å². The summed E-state index contributed by atoms with van der Waals surface area (Å²) in [6, 6.07) is 0. The van der Waals surface area contributed by atoms with Gasteiger partial charge < -0.3 is 39.7 Å². The Hall–Kier alpha value is -0.450. The predicted molar refractivity (Wildman–Crippen MR) is 167 cm³/mol. The zero-order chi connectivity index (χ0) is 33.8. The molecule has 4 aliphatic carbocycles. The van der Waals surface area contributed by atoms with E-state index in [1.165, 1.54) is 7.11 Å². The van der Waals surface area contributed by atoms with Crippen LogP contribution in [-0.4, -0.2) is 107 Å². The van der Waals surface area contributed by atoms with Crippen molar-refractivity contribution in [3.8, 4) is 0 Å². The van der Waals surface area contributed by atoms with Crippen molar-refractivity contribution in [1.29, 1.82) is 0 Å². The first kappa shape index (κ1) is 36.8. The first-order valence-electron chi connectivity index (χ1n) is 17.4. The second-order valence-corrected chi connectivity index (χ2v) is 16.9. The number of fused-ring (bicyclic) bond motifs is 5. The summed E-state index contributed by atoms with van der Waals surface area (Å²) in [5, 5.41) is 56.8. The Labute approximate surface area is 274 Å². The third kappa shape index (κ3) is 6.69. The number of hydrogen-bond acceptors (Lipinski definition) is 11. The highest BCUT2D eigenvalue weighted by molar-refractivity contribution is 7.80. The van der Waals surface area contributed by atoms with Crippen LogP contribution in [0.3, 0.4) is 0 Å². The van der Waals surface area contributed by atoms with E-state index in [4.69, 9.17) is 18.8 Å². The number of hydrogen-bond donors (Lipinski definition) is 6. The van der Waals surface area contributed by atoms with Gasteiger partial charge in [0.25, 0.3) is 0 Å². The van der Waals surface area contributed by atoms with Crippen LogP contribution < -0.4 is 0 Å². The smallest absolute Gasteiger partial charge is 0.393 e. The molecule has 0 amide bonds. The van der Waals surface area contributed by atoms with Gasteiger partial charge in [0.1, 0.15) is 18.3 Å². The van der Waals surface area contributed by atoms with Gasteiger partial charge in [0, 0.05) is 19.4 Å². The number of rotatable bonds is 11. The number of aliphatic hydroxyl groups is 5. The summed E-state index contributed by atoms with van der Waals surface area (Å²) in [7, 11) is -3.47. The molecule has 6 N–H and O–H groups in total. The molecule has 0 radical (unpaired) electrons. The van der Waals surface area contributed by atoms with Gasteiger partial charge in [-0.1, -0.05) is 34.1 Å². The summed E-state index contributed by atoms with van der Waals surface area (Å²) >= 11 is 0. The lowest BCUT2D eigenvalue weighted by Crippen LogP contribution is -2.68. The summed E-state index contributed by atoms with van der Waals surface area (Å²) in [5.74, 6) is -0.0796. The van der Waals surface area contributed by atoms with Gasteiger partial charge in [0.2, 0.25) is 0 Å². The standard InChI is InChI=1S/C33H58O12S/c1-6-7-20(44-30-27(37)28(42-5)25(17-43-30)45-46(39,40)41)9-8-18(2)21-15-23(35)29-32(21,4)13-11-26-31(3)12-10-19(34)14-22(31)24(36)16-33(26,29)38/h18-30,34-38H,6-17H2,1-5H3,(H,39,40,41). The van der Waals surface area contributed by atoms with Crippen LogP contribution in [0.15, 0.2) is 0 Å². The normalized spacial score (nSPS) is 49.1. The minimum absolute atomic E-state index is 0.0367. The molecule has 268 valence electrons. The second-order valence-electron chi connectivity index (χ2n) is 15.8. The van der Waals surface area contributed by atoms with E-state index >= 15 is 0 Å². The average molecular weight is 679 g/mol. The molecule has 0 aromatic carbocycles. The molecule has 1 saturated heterocycles. The Balaban J connectivity index is 1.25. The molecule has 5 aliphatic rings. The Kier molecular flexibility index (Phi) is 11.0. The molecular formula is C33H58O12S. The molecule has 16 unspecified atom stereocenters. The Morgan fingerprint density at radius 3 is 2.33 bits per heavy atom. The molecular weight excluding hydrogens is 620 g/mol. The monoisotopic (exact) mass is 678 g/mol.